The molecule has 0 aromatic carbocycles. The Labute approximate surface area is 175 Å². The van der Waals surface area contributed by atoms with Crippen LogP contribution in [0, 0.1) is 5.92 Å². The van der Waals surface area contributed by atoms with Crippen LogP contribution in [0.1, 0.15) is 94.9 Å². The summed E-state index contributed by atoms with van der Waals surface area (Å²) in [5.41, 5.74) is 11.6. The standard InChI is InChI=1S/C23H50N2O3/c1-11-13-26-21(5,6)15-18(16-22(7,8)27-14-12-2)19(24)23(9,10)28-17-20(3,4)25/h18-19H,11-17,24-25H2,1-10H3. The van der Waals surface area contributed by atoms with Crippen molar-refractivity contribution < 1.29 is 14.2 Å². The highest BCUT2D eigenvalue weighted by molar-refractivity contribution is 4.94. The van der Waals surface area contributed by atoms with Crippen LogP contribution in [0.2, 0.25) is 0 Å². The largest absolute Gasteiger partial charge is 0.376 e. The SMILES string of the molecule is CCCOC(C)(C)CC(CC(C)(C)OCCC)C(N)C(C)(C)OCC(C)(C)N. The van der Waals surface area contributed by atoms with Crippen molar-refractivity contribution in [3.63, 3.8) is 0 Å². The highest BCUT2D eigenvalue weighted by atomic mass is 16.5. The van der Waals surface area contributed by atoms with Crippen LogP contribution in [0.4, 0.5) is 0 Å². The quantitative estimate of drug-likeness (QED) is 0.417. The first kappa shape index (κ1) is 27.8. The molecule has 28 heavy (non-hydrogen) atoms. The molecule has 0 heterocycles. The number of hydrogen-bond donors (Lipinski definition) is 2. The first-order valence-electron chi connectivity index (χ1n) is 11.0. The molecule has 1 unspecified atom stereocenters. The lowest BCUT2D eigenvalue weighted by atomic mass is 9.76. The number of rotatable bonds is 15. The molecule has 0 spiro atoms. The van der Waals surface area contributed by atoms with E-state index in [4.69, 9.17) is 25.7 Å². The average Bonchev–Trinajstić information content (AvgIpc) is 2.54. The highest BCUT2D eigenvalue weighted by Crippen LogP contribution is 2.35. The first-order valence-corrected chi connectivity index (χ1v) is 11.0. The highest BCUT2D eigenvalue weighted by Gasteiger charge is 2.40. The van der Waals surface area contributed by atoms with Crippen molar-refractivity contribution in [3.05, 3.63) is 0 Å². The van der Waals surface area contributed by atoms with Crippen molar-refractivity contribution in [2.75, 3.05) is 19.8 Å². The van der Waals surface area contributed by atoms with Crippen LogP contribution in [0.3, 0.4) is 0 Å². The molecule has 0 amide bonds. The van der Waals surface area contributed by atoms with E-state index in [1.54, 1.807) is 0 Å². The van der Waals surface area contributed by atoms with Crippen molar-refractivity contribution in [3.8, 4) is 0 Å². The smallest absolute Gasteiger partial charge is 0.0780 e. The van der Waals surface area contributed by atoms with Crippen molar-refractivity contribution in [1.29, 1.82) is 0 Å². The van der Waals surface area contributed by atoms with Crippen LogP contribution < -0.4 is 11.5 Å². The van der Waals surface area contributed by atoms with Crippen LogP contribution in [0.25, 0.3) is 0 Å². The normalized spacial score (nSPS) is 15.3. The molecule has 5 heteroatoms. The van der Waals surface area contributed by atoms with Gasteiger partial charge in [0.15, 0.2) is 0 Å². The molecule has 0 radical (unpaired) electrons. The van der Waals surface area contributed by atoms with Gasteiger partial charge in [-0.1, -0.05) is 13.8 Å². The zero-order chi connectivity index (χ0) is 22.2. The van der Waals surface area contributed by atoms with E-state index in [0.717, 1.165) is 38.9 Å². The van der Waals surface area contributed by atoms with Crippen LogP contribution in [-0.2, 0) is 14.2 Å². The predicted octanol–water partition coefficient (Wildman–Crippen LogP) is 4.65. The van der Waals surface area contributed by atoms with Crippen LogP contribution in [0.15, 0.2) is 0 Å². The van der Waals surface area contributed by atoms with Gasteiger partial charge in [-0.25, -0.2) is 0 Å². The van der Waals surface area contributed by atoms with Gasteiger partial charge in [0.2, 0.25) is 0 Å². The maximum Gasteiger partial charge on any atom is 0.0780 e. The molecule has 1 atom stereocenters. The van der Waals surface area contributed by atoms with E-state index in [9.17, 15) is 0 Å². The second kappa shape index (κ2) is 11.3. The van der Waals surface area contributed by atoms with Crippen molar-refractivity contribution in [2.24, 2.45) is 17.4 Å². The fourth-order valence-corrected chi connectivity index (χ4v) is 3.50. The minimum absolute atomic E-state index is 0.163. The zero-order valence-electron chi connectivity index (χ0n) is 20.5. The molecule has 0 bridgehead atoms. The lowest BCUT2D eigenvalue weighted by Crippen LogP contribution is -2.55. The summed E-state index contributed by atoms with van der Waals surface area (Å²) >= 11 is 0. The molecule has 170 valence electrons. The lowest BCUT2D eigenvalue weighted by Gasteiger charge is -2.43. The summed E-state index contributed by atoms with van der Waals surface area (Å²) in [5, 5.41) is 0. The maximum atomic E-state index is 6.82. The van der Waals surface area contributed by atoms with E-state index in [-0.39, 0.29) is 28.7 Å². The van der Waals surface area contributed by atoms with E-state index >= 15 is 0 Å². The van der Waals surface area contributed by atoms with E-state index in [1.807, 2.05) is 13.8 Å². The Kier molecular flexibility index (Phi) is 11.2. The third-order valence-corrected chi connectivity index (χ3v) is 5.03. The van der Waals surface area contributed by atoms with Crippen LogP contribution in [0.5, 0.6) is 0 Å². The fraction of sp³-hybridized carbons (Fsp3) is 1.00. The molecule has 0 aliphatic heterocycles. The molecule has 0 aliphatic carbocycles. The molecule has 5 nitrogen and oxygen atoms in total. The molecular weight excluding hydrogens is 352 g/mol. The Morgan fingerprint density at radius 1 is 0.714 bits per heavy atom. The second-order valence-electron chi connectivity index (χ2n) is 10.8. The van der Waals surface area contributed by atoms with E-state index in [0.29, 0.717) is 6.61 Å². The Hall–Kier alpha value is -0.200. The minimum Gasteiger partial charge on any atom is -0.376 e. The fourth-order valence-electron chi connectivity index (χ4n) is 3.50. The third-order valence-electron chi connectivity index (χ3n) is 5.03. The van der Waals surface area contributed by atoms with Gasteiger partial charge in [0.1, 0.15) is 0 Å². The topological polar surface area (TPSA) is 79.7 Å². The van der Waals surface area contributed by atoms with Gasteiger partial charge in [0.05, 0.1) is 23.4 Å². The summed E-state index contributed by atoms with van der Waals surface area (Å²) in [6.07, 6.45) is 3.72. The van der Waals surface area contributed by atoms with E-state index in [2.05, 4.69) is 55.4 Å². The Morgan fingerprint density at radius 2 is 1.11 bits per heavy atom. The average molecular weight is 403 g/mol. The number of hydrogen-bond acceptors (Lipinski definition) is 5. The molecule has 4 N–H and O–H groups in total. The second-order valence-corrected chi connectivity index (χ2v) is 10.8. The van der Waals surface area contributed by atoms with E-state index in [1.165, 1.54) is 0 Å². The summed E-state index contributed by atoms with van der Waals surface area (Å²) in [7, 11) is 0. The maximum absolute atomic E-state index is 6.82. The molecule has 0 saturated heterocycles. The molecule has 0 aromatic heterocycles. The Bertz CT molecular complexity index is 406. The monoisotopic (exact) mass is 402 g/mol. The summed E-state index contributed by atoms with van der Waals surface area (Å²) in [4.78, 5) is 0. The molecular formula is C23H50N2O3. The lowest BCUT2D eigenvalue weighted by molar-refractivity contribution is -0.0994. The summed E-state index contributed by atoms with van der Waals surface area (Å²) in [5.74, 6) is 0.189. The molecule has 0 saturated carbocycles. The van der Waals surface area contributed by atoms with Gasteiger partial charge in [-0.2, -0.15) is 0 Å². The molecule has 0 fully saturated rings. The van der Waals surface area contributed by atoms with Gasteiger partial charge in [-0.05, 0) is 87.0 Å². The molecule has 0 rings (SSSR count). The van der Waals surface area contributed by atoms with Gasteiger partial charge in [0, 0.05) is 24.8 Å². The predicted molar refractivity (Wildman–Crippen MR) is 120 cm³/mol. The summed E-state index contributed by atoms with van der Waals surface area (Å²) < 4.78 is 18.4. The van der Waals surface area contributed by atoms with Gasteiger partial charge >= 0.3 is 0 Å². The van der Waals surface area contributed by atoms with Gasteiger partial charge < -0.3 is 25.7 Å². The Balaban J connectivity index is 5.43. The van der Waals surface area contributed by atoms with Crippen LogP contribution >= 0.6 is 0 Å². The number of ether oxygens (including phenoxy) is 3. The van der Waals surface area contributed by atoms with Crippen molar-refractivity contribution in [1.82, 2.24) is 0 Å². The third kappa shape index (κ3) is 11.7. The molecule has 0 aliphatic rings. The Morgan fingerprint density at radius 3 is 1.43 bits per heavy atom. The number of nitrogens with two attached hydrogens (primary N) is 2. The van der Waals surface area contributed by atoms with Crippen molar-refractivity contribution >= 4 is 0 Å². The van der Waals surface area contributed by atoms with Crippen LogP contribution in [-0.4, -0.2) is 48.2 Å². The van der Waals surface area contributed by atoms with Gasteiger partial charge in [0.25, 0.3) is 0 Å². The molecule has 0 aromatic rings. The summed E-state index contributed by atoms with van der Waals surface area (Å²) in [6.45, 7) is 22.9. The zero-order valence-corrected chi connectivity index (χ0v) is 20.5. The summed E-state index contributed by atoms with van der Waals surface area (Å²) in [6, 6.07) is -0.163. The van der Waals surface area contributed by atoms with Crippen molar-refractivity contribution in [2.45, 2.75) is 123 Å². The first-order chi connectivity index (χ1) is 12.6. The minimum atomic E-state index is -0.497. The van der Waals surface area contributed by atoms with Gasteiger partial charge in [-0.15, -0.1) is 0 Å². The van der Waals surface area contributed by atoms with E-state index < -0.39 is 5.60 Å². The van der Waals surface area contributed by atoms with Gasteiger partial charge in [-0.3, -0.25) is 0 Å².